The molecule has 6 nitrogen and oxygen atoms in total. The fraction of sp³-hybridized carbons (Fsp3) is 0.273. The molecule has 2 heterocycles. The van der Waals surface area contributed by atoms with Crippen molar-refractivity contribution in [3.8, 4) is 11.5 Å². The van der Waals surface area contributed by atoms with E-state index in [1.165, 1.54) is 6.07 Å². The number of amides is 1. The van der Waals surface area contributed by atoms with Crippen LogP contribution in [0.5, 0.6) is 11.5 Å². The lowest BCUT2D eigenvalue weighted by atomic mass is 10.0. The molecule has 0 spiro atoms. The number of hydrogen-bond donors (Lipinski definition) is 2. The van der Waals surface area contributed by atoms with Gasteiger partial charge in [-0.1, -0.05) is 23.7 Å². The quantitative estimate of drug-likeness (QED) is 0.626. The highest BCUT2D eigenvalue weighted by Gasteiger charge is 2.32. The Hall–Kier alpha value is -2.99. The molecule has 7 heteroatoms. The Labute approximate surface area is 172 Å². The van der Waals surface area contributed by atoms with Crippen molar-refractivity contribution in [1.29, 1.82) is 0 Å². The Morgan fingerprint density at radius 2 is 2.10 bits per heavy atom. The number of halogens is 1. The molecule has 150 valence electrons. The molecule has 0 fully saturated rings. The van der Waals surface area contributed by atoms with Gasteiger partial charge in [0.25, 0.3) is 5.91 Å². The van der Waals surface area contributed by atoms with Gasteiger partial charge in [0.05, 0.1) is 12.1 Å². The highest BCUT2D eigenvalue weighted by atomic mass is 35.5. The Morgan fingerprint density at radius 3 is 2.93 bits per heavy atom. The number of hydrogen-bond acceptors (Lipinski definition) is 4. The molecular weight excluding hydrogens is 392 g/mol. The van der Waals surface area contributed by atoms with Gasteiger partial charge < -0.3 is 19.8 Å². The van der Waals surface area contributed by atoms with Crippen molar-refractivity contribution in [3.63, 3.8) is 0 Å². The van der Waals surface area contributed by atoms with E-state index in [1.807, 2.05) is 32.0 Å². The lowest BCUT2D eigenvalue weighted by Crippen LogP contribution is -2.29. The van der Waals surface area contributed by atoms with Crippen LogP contribution in [0.15, 0.2) is 47.3 Å². The normalized spacial score (nSPS) is 14.3. The van der Waals surface area contributed by atoms with Crippen molar-refractivity contribution in [2.75, 3.05) is 13.2 Å². The first-order chi connectivity index (χ1) is 13.8. The molecule has 3 aromatic rings. The van der Waals surface area contributed by atoms with Gasteiger partial charge in [-0.25, -0.2) is 0 Å². The maximum Gasteiger partial charge on any atom is 0.252 e. The van der Waals surface area contributed by atoms with Crippen LogP contribution in [0.3, 0.4) is 0 Å². The molecule has 1 amide bonds. The van der Waals surface area contributed by atoms with E-state index in [-0.39, 0.29) is 35.8 Å². The van der Waals surface area contributed by atoms with Crippen LogP contribution in [0.2, 0.25) is 5.02 Å². The number of carbonyl (C=O) groups excluding carboxylic acids is 1. The third-order valence-electron chi connectivity index (χ3n) is 4.75. The fourth-order valence-corrected chi connectivity index (χ4v) is 3.71. The molecule has 0 aliphatic carbocycles. The molecule has 29 heavy (non-hydrogen) atoms. The Balaban J connectivity index is 1.42. The molecule has 0 saturated heterocycles. The number of nitrogens with one attached hydrogen (secondary N) is 2. The first-order valence-electron chi connectivity index (χ1n) is 9.37. The summed E-state index contributed by atoms with van der Waals surface area (Å²) < 4.78 is 11.8. The molecule has 1 aromatic heterocycles. The molecule has 2 N–H and O–H groups in total. The van der Waals surface area contributed by atoms with E-state index in [0.29, 0.717) is 21.7 Å². The van der Waals surface area contributed by atoms with Crippen LogP contribution >= 0.6 is 11.6 Å². The van der Waals surface area contributed by atoms with Gasteiger partial charge in [0.2, 0.25) is 5.56 Å². The average Bonchev–Trinajstić information content (AvgIpc) is 2.99. The zero-order valence-electron chi connectivity index (χ0n) is 16.2. The highest BCUT2D eigenvalue weighted by molar-refractivity contribution is 6.31. The third-order valence-corrected chi connectivity index (χ3v) is 4.98. The minimum absolute atomic E-state index is 0.251. The number of ether oxygens (including phenoxy) is 2. The molecular formula is C22H21ClN2O4. The van der Waals surface area contributed by atoms with Crippen LogP contribution in [0.4, 0.5) is 0 Å². The molecule has 4 rings (SSSR count). The predicted octanol–water partition coefficient (Wildman–Crippen LogP) is 3.70. The van der Waals surface area contributed by atoms with E-state index in [1.54, 1.807) is 18.2 Å². The van der Waals surface area contributed by atoms with Gasteiger partial charge in [0.1, 0.15) is 12.2 Å². The summed E-state index contributed by atoms with van der Waals surface area (Å²) in [6.07, 6.45) is 0.828. The minimum Gasteiger partial charge on any atom is -0.488 e. The summed E-state index contributed by atoms with van der Waals surface area (Å²) in [7, 11) is 0. The molecule has 0 bridgehead atoms. The maximum absolute atomic E-state index is 12.6. The lowest BCUT2D eigenvalue weighted by molar-refractivity contribution is 0.0947. The number of fused-ring (bicyclic) bond motifs is 2. The second-order valence-electron chi connectivity index (χ2n) is 7.62. The zero-order chi connectivity index (χ0) is 20.6. The summed E-state index contributed by atoms with van der Waals surface area (Å²) in [6, 6.07) is 12.1. The fourth-order valence-electron chi connectivity index (χ4n) is 3.54. The smallest absolute Gasteiger partial charge is 0.252 e. The predicted molar refractivity (Wildman–Crippen MR) is 112 cm³/mol. The number of aromatic amines is 1. The first kappa shape index (κ1) is 19.3. The number of carbonyl (C=O) groups is 1. The summed E-state index contributed by atoms with van der Waals surface area (Å²) in [5, 5.41) is 3.87. The number of pyridine rings is 1. The summed E-state index contributed by atoms with van der Waals surface area (Å²) in [5.74, 6) is 1.07. The highest BCUT2D eigenvalue weighted by Crippen LogP contribution is 2.41. The van der Waals surface area contributed by atoms with Crippen molar-refractivity contribution in [2.24, 2.45) is 0 Å². The maximum atomic E-state index is 12.6. The van der Waals surface area contributed by atoms with E-state index < -0.39 is 0 Å². The molecule has 0 saturated carbocycles. The molecule has 1 aliphatic heterocycles. The van der Waals surface area contributed by atoms with Crippen LogP contribution in [0, 0.1) is 0 Å². The van der Waals surface area contributed by atoms with E-state index in [9.17, 15) is 9.59 Å². The van der Waals surface area contributed by atoms with Crippen molar-refractivity contribution in [2.45, 2.75) is 25.9 Å². The second kappa shape index (κ2) is 7.44. The van der Waals surface area contributed by atoms with Crippen LogP contribution in [-0.4, -0.2) is 29.6 Å². The molecule has 2 aromatic carbocycles. The number of rotatable bonds is 5. The van der Waals surface area contributed by atoms with Crippen LogP contribution < -0.4 is 20.3 Å². The van der Waals surface area contributed by atoms with Gasteiger partial charge in [-0.15, -0.1) is 0 Å². The number of para-hydroxylation sites is 1. The van der Waals surface area contributed by atoms with E-state index in [0.717, 1.165) is 17.7 Å². The lowest BCUT2D eigenvalue weighted by Gasteiger charge is -2.18. The van der Waals surface area contributed by atoms with E-state index in [4.69, 9.17) is 21.1 Å². The molecule has 0 atom stereocenters. The third kappa shape index (κ3) is 4.07. The second-order valence-corrected chi connectivity index (χ2v) is 8.06. The largest absolute Gasteiger partial charge is 0.488 e. The van der Waals surface area contributed by atoms with Gasteiger partial charge >= 0.3 is 0 Å². The molecule has 0 radical (unpaired) electrons. The summed E-state index contributed by atoms with van der Waals surface area (Å²) in [5.41, 5.74) is 1.35. The van der Waals surface area contributed by atoms with Crippen LogP contribution in [0.25, 0.3) is 10.9 Å². The average molecular weight is 413 g/mol. The number of H-pyrrole nitrogens is 1. The van der Waals surface area contributed by atoms with E-state index in [2.05, 4.69) is 10.3 Å². The van der Waals surface area contributed by atoms with Gasteiger partial charge in [-0.05, 0) is 38.1 Å². The zero-order valence-corrected chi connectivity index (χ0v) is 16.9. The van der Waals surface area contributed by atoms with E-state index >= 15 is 0 Å². The van der Waals surface area contributed by atoms with Gasteiger partial charge in [-0.3, -0.25) is 9.59 Å². The van der Waals surface area contributed by atoms with Crippen LogP contribution in [0.1, 0.15) is 29.8 Å². The number of aromatic nitrogens is 1. The number of benzene rings is 2. The van der Waals surface area contributed by atoms with Crippen molar-refractivity contribution >= 4 is 28.4 Å². The molecule has 0 unspecified atom stereocenters. The van der Waals surface area contributed by atoms with Crippen LogP contribution in [-0.2, 0) is 6.42 Å². The summed E-state index contributed by atoms with van der Waals surface area (Å²) >= 11 is 6.04. The van der Waals surface area contributed by atoms with Crippen molar-refractivity contribution in [1.82, 2.24) is 10.3 Å². The Kier molecular flexibility index (Phi) is 4.96. The topological polar surface area (TPSA) is 80.4 Å². The van der Waals surface area contributed by atoms with Gasteiger partial charge in [0, 0.05) is 34.0 Å². The van der Waals surface area contributed by atoms with Gasteiger partial charge in [0.15, 0.2) is 11.5 Å². The van der Waals surface area contributed by atoms with Crippen molar-refractivity contribution < 1.29 is 14.3 Å². The SMILES string of the molecule is CC1(C)Cc2cccc(OCCNC(=O)c3cc(=O)[nH]c4ccc(Cl)cc34)c2O1. The first-order valence-corrected chi connectivity index (χ1v) is 9.75. The van der Waals surface area contributed by atoms with Gasteiger partial charge in [-0.2, -0.15) is 0 Å². The summed E-state index contributed by atoms with van der Waals surface area (Å²) in [6.45, 7) is 4.62. The monoisotopic (exact) mass is 412 g/mol. The summed E-state index contributed by atoms with van der Waals surface area (Å²) in [4.78, 5) is 27.2. The molecule has 1 aliphatic rings. The Morgan fingerprint density at radius 1 is 1.28 bits per heavy atom. The standard InChI is InChI=1S/C22H21ClN2O4/c1-22(2)12-13-4-3-5-18(20(13)29-22)28-9-8-24-21(27)16-11-19(26)25-17-7-6-14(23)10-15(16)17/h3-7,10-11H,8-9,12H2,1-2H3,(H,24,27)(H,25,26). The van der Waals surface area contributed by atoms with Crippen molar-refractivity contribution in [3.05, 3.63) is 69.0 Å². The Bertz CT molecular complexity index is 1150. The minimum atomic E-state index is -0.359.